The summed E-state index contributed by atoms with van der Waals surface area (Å²) in [5.74, 6) is 1.21. The van der Waals surface area contributed by atoms with E-state index in [1.54, 1.807) is 6.20 Å². The normalized spacial score (nSPS) is 21.4. The lowest BCUT2D eigenvalue weighted by Gasteiger charge is -2.22. The van der Waals surface area contributed by atoms with Crippen LogP contribution < -0.4 is 5.32 Å². The van der Waals surface area contributed by atoms with E-state index in [1.807, 2.05) is 6.92 Å². The molecule has 1 N–H and O–H groups in total. The van der Waals surface area contributed by atoms with E-state index in [1.165, 1.54) is 12.8 Å². The summed E-state index contributed by atoms with van der Waals surface area (Å²) in [7, 11) is 0. The maximum Gasteiger partial charge on any atom is 0.261 e. The minimum absolute atomic E-state index is 0.456. The molecule has 1 atom stereocenters. The van der Waals surface area contributed by atoms with Crippen LogP contribution in [-0.2, 0) is 0 Å². The average molecular weight is 218 g/mol. The fraction of sp³-hybridized carbons (Fsp3) is 0.545. The van der Waals surface area contributed by atoms with E-state index in [4.69, 9.17) is 4.52 Å². The standard InChI is InChI=1S/C11H14N4O/c1-7-14-10(8-3-2-4-12-5-8)9-6-13-16-11(9)15-7/h6,8,12H,2-5H2,1H3. The number of aryl methyl sites for hydroxylation is 1. The zero-order chi connectivity index (χ0) is 11.0. The number of aromatic nitrogens is 3. The highest BCUT2D eigenvalue weighted by Crippen LogP contribution is 2.27. The van der Waals surface area contributed by atoms with Crippen LogP contribution >= 0.6 is 0 Å². The van der Waals surface area contributed by atoms with Crippen LogP contribution in [0, 0.1) is 6.92 Å². The molecule has 0 aliphatic carbocycles. The van der Waals surface area contributed by atoms with Gasteiger partial charge in [0.2, 0.25) is 0 Å². The summed E-state index contributed by atoms with van der Waals surface area (Å²) >= 11 is 0. The molecular weight excluding hydrogens is 204 g/mol. The van der Waals surface area contributed by atoms with Crippen molar-refractivity contribution in [2.75, 3.05) is 13.1 Å². The Kier molecular flexibility index (Phi) is 2.32. The van der Waals surface area contributed by atoms with Gasteiger partial charge >= 0.3 is 0 Å². The lowest BCUT2D eigenvalue weighted by molar-refractivity contribution is 0.445. The van der Waals surface area contributed by atoms with Crippen LogP contribution in [0.2, 0.25) is 0 Å². The Morgan fingerprint density at radius 2 is 2.38 bits per heavy atom. The predicted molar refractivity (Wildman–Crippen MR) is 59.2 cm³/mol. The summed E-state index contributed by atoms with van der Waals surface area (Å²) in [4.78, 5) is 8.78. The topological polar surface area (TPSA) is 63.8 Å². The second-order valence-corrected chi connectivity index (χ2v) is 4.24. The first-order valence-corrected chi connectivity index (χ1v) is 5.64. The van der Waals surface area contributed by atoms with Crippen molar-refractivity contribution in [3.8, 4) is 0 Å². The van der Waals surface area contributed by atoms with Crippen LogP contribution in [0.4, 0.5) is 0 Å². The molecule has 5 nitrogen and oxygen atoms in total. The van der Waals surface area contributed by atoms with Crippen LogP contribution in [0.25, 0.3) is 11.1 Å². The Bertz CT molecular complexity index is 502. The highest BCUT2D eigenvalue weighted by Gasteiger charge is 2.21. The number of nitrogens with one attached hydrogen (secondary N) is 1. The first-order valence-electron chi connectivity index (χ1n) is 5.64. The summed E-state index contributed by atoms with van der Waals surface area (Å²) in [5, 5.41) is 8.16. The highest BCUT2D eigenvalue weighted by molar-refractivity contribution is 5.75. The van der Waals surface area contributed by atoms with Crippen molar-refractivity contribution in [3.63, 3.8) is 0 Å². The van der Waals surface area contributed by atoms with Gasteiger partial charge < -0.3 is 9.84 Å². The van der Waals surface area contributed by atoms with Gasteiger partial charge in [-0.1, -0.05) is 5.16 Å². The summed E-state index contributed by atoms with van der Waals surface area (Å²) in [6, 6.07) is 0. The van der Waals surface area contributed by atoms with Crippen LogP contribution in [0.5, 0.6) is 0 Å². The van der Waals surface area contributed by atoms with Crippen molar-refractivity contribution in [2.24, 2.45) is 0 Å². The van der Waals surface area contributed by atoms with E-state index in [2.05, 4.69) is 20.4 Å². The van der Waals surface area contributed by atoms with Gasteiger partial charge in [0.25, 0.3) is 5.71 Å². The van der Waals surface area contributed by atoms with Gasteiger partial charge in [-0.15, -0.1) is 0 Å². The molecule has 84 valence electrons. The van der Waals surface area contributed by atoms with Crippen molar-refractivity contribution in [2.45, 2.75) is 25.7 Å². The molecule has 1 fully saturated rings. The molecule has 2 aromatic rings. The maximum absolute atomic E-state index is 5.11. The zero-order valence-electron chi connectivity index (χ0n) is 9.23. The van der Waals surface area contributed by atoms with Crippen molar-refractivity contribution in [3.05, 3.63) is 17.7 Å². The number of piperidine rings is 1. The first-order chi connectivity index (χ1) is 7.84. The average Bonchev–Trinajstić information content (AvgIpc) is 2.77. The van der Waals surface area contributed by atoms with Crippen LogP contribution in [0.3, 0.4) is 0 Å². The van der Waals surface area contributed by atoms with Gasteiger partial charge in [0.05, 0.1) is 17.3 Å². The highest BCUT2D eigenvalue weighted by atomic mass is 16.5. The monoisotopic (exact) mass is 218 g/mol. The Balaban J connectivity index is 2.09. The lowest BCUT2D eigenvalue weighted by Crippen LogP contribution is -2.29. The summed E-state index contributed by atoms with van der Waals surface area (Å²) in [6.07, 6.45) is 4.09. The Labute approximate surface area is 93.3 Å². The molecule has 1 aliphatic heterocycles. The third kappa shape index (κ3) is 1.57. The number of hydrogen-bond acceptors (Lipinski definition) is 5. The van der Waals surface area contributed by atoms with Gasteiger partial charge in [0.1, 0.15) is 5.82 Å². The second-order valence-electron chi connectivity index (χ2n) is 4.24. The van der Waals surface area contributed by atoms with Gasteiger partial charge in [0, 0.05) is 12.5 Å². The molecule has 1 saturated heterocycles. The second kappa shape index (κ2) is 3.83. The SMILES string of the molecule is Cc1nc(C2CCCNC2)c2cnoc2n1. The van der Waals surface area contributed by atoms with Crippen LogP contribution in [0.1, 0.15) is 30.3 Å². The van der Waals surface area contributed by atoms with Gasteiger partial charge in [-0.25, -0.2) is 4.98 Å². The molecule has 3 rings (SSSR count). The zero-order valence-corrected chi connectivity index (χ0v) is 9.23. The lowest BCUT2D eigenvalue weighted by atomic mass is 9.94. The fourth-order valence-electron chi connectivity index (χ4n) is 2.29. The number of fused-ring (bicyclic) bond motifs is 1. The van der Waals surface area contributed by atoms with Crippen molar-refractivity contribution in [1.29, 1.82) is 0 Å². The number of hydrogen-bond donors (Lipinski definition) is 1. The molecule has 3 heterocycles. The minimum Gasteiger partial charge on any atom is -0.336 e. The maximum atomic E-state index is 5.11. The summed E-state index contributed by atoms with van der Waals surface area (Å²) in [6.45, 7) is 3.98. The van der Waals surface area contributed by atoms with Gasteiger partial charge in [-0.2, -0.15) is 4.98 Å². The van der Waals surface area contributed by atoms with E-state index in [-0.39, 0.29) is 0 Å². The molecule has 2 aromatic heterocycles. The molecule has 0 spiro atoms. The molecule has 1 aliphatic rings. The first kappa shape index (κ1) is 9.72. The fourth-order valence-corrected chi connectivity index (χ4v) is 2.29. The quantitative estimate of drug-likeness (QED) is 0.783. The van der Waals surface area contributed by atoms with Gasteiger partial charge in [0.15, 0.2) is 0 Å². The third-order valence-corrected chi connectivity index (χ3v) is 3.06. The van der Waals surface area contributed by atoms with E-state index >= 15 is 0 Å². The van der Waals surface area contributed by atoms with Crippen molar-refractivity contribution < 1.29 is 4.52 Å². The largest absolute Gasteiger partial charge is 0.336 e. The van der Waals surface area contributed by atoms with Crippen LogP contribution in [0.15, 0.2) is 10.7 Å². The molecule has 1 unspecified atom stereocenters. The van der Waals surface area contributed by atoms with Gasteiger partial charge in [-0.05, 0) is 26.3 Å². The smallest absolute Gasteiger partial charge is 0.261 e. The molecule has 16 heavy (non-hydrogen) atoms. The number of nitrogens with zero attached hydrogens (tertiary/aromatic N) is 3. The van der Waals surface area contributed by atoms with E-state index in [0.717, 1.165) is 30.0 Å². The van der Waals surface area contributed by atoms with Crippen molar-refractivity contribution in [1.82, 2.24) is 20.4 Å². The van der Waals surface area contributed by atoms with Crippen molar-refractivity contribution >= 4 is 11.1 Å². The minimum atomic E-state index is 0.456. The van der Waals surface area contributed by atoms with Gasteiger partial charge in [-0.3, -0.25) is 0 Å². The number of rotatable bonds is 1. The van der Waals surface area contributed by atoms with Crippen LogP contribution in [-0.4, -0.2) is 28.2 Å². The molecule has 0 saturated carbocycles. The molecule has 5 heteroatoms. The molecule has 0 aromatic carbocycles. The Morgan fingerprint density at radius 3 is 3.19 bits per heavy atom. The summed E-state index contributed by atoms with van der Waals surface area (Å²) < 4.78 is 5.11. The third-order valence-electron chi connectivity index (χ3n) is 3.06. The van der Waals surface area contributed by atoms with E-state index in [9.17, 15) is 0 Å². The molecular formula is C11H14N4O. The predicted octanol–water partition coefficient (Wildman–Crippen LogP) is 1.39. The van der Waals surface area contributed by atoms with E-state index < -0.39 is 0 Å². The Morgan fingerprint density at radius 1 is 1.44 bits per heavy atom. The molecule has 0 radical (unpaired) electrons. The molecule has 0 bridgehead atoms. The summed E-state index contributed by atoms with van der Waals surface area (Å²) in [5.41, 5.74) is 1.68. The molecule has 0 amide bonds. The van der Waals surface area contributed by atoms with E-state index in [0.29, 0.717) is 11.6 Å². The Hall–Kier alpha value is -1.49.